The van der Waals surface area contributed by atoms with E-state index >= 15 is 0 Å². The zero-order valence-electron chi connectivity index (χ0n) is 6.99. The first-order valence-electron chi connectivity index (χ1n) is 3.79. The maximum Gasteiger partial charge on any atom is 0.0991 e. The smallest absolute Gasteiger partial charge is 0.0991 e. The summed E-state index contributed by atoms with van der Waals surface area (Å²) in [5.74, 6) is 0. The predicted octanol–water partition coefficient (Wildman–Crippen LogP) is 2.13. The summed E-state index contributed by atoms with van der Waals surface area (Å²) >= 11 is 0. The number of nitriles is 1. The van der Waals surface area contributed by atoms with Gasteiger partial charge < -0.3 is 10.7 Å². The van der Waals surface area contributed by atoms with Crippen LogP contribution in [0.4, 0.5) is 5.69 Å². The molecule has 1 aromatic carbocycles. The van der Waals surface area contributed by atoms with Gasteiger partial charge in [-0.15, -0.1) is 0 Å². The zero-order chi connectivity index (χ0) is 9.52. The van der Waals surface area contributed by atoms with E-state index in [1.54, 1.807) is 24.4 Å². The van der Waals surface area contributed by atoms with Gasteiger partial charge in [-0.3, -0.25) is 0 Å². The van der Waals surface area contributed by atoms with Crippen LogP contribution in [0.3, 0.4) is 0 Å². The molecule has 3 heteroatoms. The monoisotopic (exact) mass is 171 g/mol. The van der Waals surface area contributed by atoms with Crippen LogP contribution in [0.5, 0.6) is 0 Å². The fraction of sp³-hybridized carbons (Fsp3) is 0. The highest BCUT2D eigenvalue weighted by Crippen LogP contribution is 2.07. The Bertz CT molecular complexity index is 343. The summed E-state index contributed by atoms with van der Waals surface area (Å²) in [5.41, 5.74) is 1.54. The second kappa shape index (κ2) is 4.73. The van der Waals surface area contributed by atoms with Gasteiger partial charge >= 0.3 is 0 Å². The van der Waals surface area contributed by atoms with Gasteiger partial charge in [0.15, 0.2) is 0 Å². The lowest BCUT2D eigenvalue weighted by Crippen LogP contribution is -1.86. The average molecular weight is 171 g/mol. The van der Waals surface area contributed by atoms with E-state index in [1.807, 2.05) is 18.2 Å². The highest BCUT2D eigenvalue weighted by Gasteiger charge is 1.89. The van der Waals surface area contributed by atoms with Crippen LogP contribution in [-0.4, -0.2) is 6.21 Å². The lowest BCUT2D eigenvalue weighted by molar-refractivity contribution is 1.48. The lowest BCUT2D eigenvalue weighted by Gasteiger charge is -1.98. The summed E-state index contributed by atoms with van der Waals surface area (Å²) < 4.78 is 0. The number of nitrogens with zero attached hydrogens (tertiary/aromatic N) is 1. The van der Waals surface area contributed by atoms with Crippen molar-refractivity contribution in [3.05, 3.63) is 42.1 Å². The summed E-state index contributed by atoms with van der Waals surface area (Å²) in [6.45, 7) is 0. The molecule has 13 heavy (non-hydrogen) atoms. The molecule has 0 aliphatic rings. The second-order valence-corrected chi connectivity index (χ2v) is 2.36. The summed E-state index contributed by atoms with van der Waals surface area (Å²) in [5, 5.41) is 18.2. The van der Waals surface area contributed by atoms with E-state index in [4.69, 9.17) is 10.7 Å². The molecule has 0 saturated carbocycles. The van der Waals surface area contributed by atoms with Gasteiger partial charge in [0.25, 0.3) is 0 Å². The van der Waals surface area contributed by atoms with Crippen LogP contribution in [0.1, 0.15) is 5.56 Å². The van der Waals surface area contributed by atoms with Crippen LogP contribution in [0.15, 0.2) is 36.5 Å². The Morgan fingerprint density at radius 1 is 1.31 bits per heavy atom. The SMILES string of the molecule is N#Cc1ccc(N/C=C\C=N)cc1. The van der Waals surface area contributed by atoms with Crippen molar-refractivity contribution in [3.63, 3.8) is 0 Å². The van der Waals surface area contributed by atoms with Crippen molar-refractivity contribution >= 4 is 11.9 Å². The van der Waals surface area contributed by atoms with Crippen molar-refractivity contribution < 1.29 is 0 Å². The van der Waals surface area contributed by atoms with Gasteiger partial charge in [-0.25, -0.2) is 0 Å². The quantitative estimate of drug-likeness (QED) is 0.684. The second-order valence-electron chi connectivity index (χ2n) is 2.36. The molecule has 0 unspecified atom stereocenters. The highest BCUT2D eigenvalue weighted by atomic mass is 14.8. The third-order valence-electron chi connectivity index (χ3n) is 1.46. The van der Waals surface area contributed by atoms with E-state index in [1.165, 1.54) is 6.21 Å². The minimum absolute atomic E-state index is 0.640. The van der Waals surface area contributed by atoms with Gasteiger partial charge in [0.05, 0.1) is 11.6 Å². The molecule has 1 aromatic rings. The van der Waals surface area contributed by atoms with E-state index in [0.717, 1.165) is 5.69 Å². The van der Waals surface area contributed by atoms with Gasteiger partial charge in [0, 0.05) is 18.1 Å². The Balaban J connectivity index is 2.65. The largest absolute Gasteiger partial charge is 0.362 e. The molecule has 64 valence electrons. The number of nitrogens with one attached hydrogen (secondary N) is 2. The molecule has 0 aliphatic carbocycles. The number of rotatable bonds is 3. The fourth-order valence-corrected chi connectivity index (χ4v) is 0.833. The minimum Gasteiger partial charge on any atom is -0.362 e. The molecule has 0 aromatic heterocycles. The van der Waals surface area contributed by atoms with Crippen LogP contribution in [-0.2, 0) is 0 Å². The Labute approximate surface area is 76.8 Å². The van der Waals surface area contributed by atoms with Crippen molar-refractivity contribution in [1.29, 1.82) is 10.7 Å². The first kappa shape index (κ1) is 9.01. The third kappa shape index (κ3) is 2.80. The molecule has 0 spiro atoms. The summed E-state index contributed by atoms with van der Waals surface area (Å²) in [7, 11) is 0. The van der Waals surface area contributed by atoms with E-state index in [9.17, 15) is 0 Å². The Morgan fingerprint density at radius 2 is 2.00 bits per heavy atom. The molecule has 0 heterocycles. The third-order valence-corrected chi connectivity index (χ3v) is 1.46. The standard InChI is InChI=1S/C10H9N3/c11-6-1-7-13-10-4-2-9(8-12)3-5-10/h1-7,11,13H/b7-1-,11-6?. The molecular weight excluding hydrogens is 162 g/mol. The van der Waals surface area contributed by atoms with E-state index in [-0.39, 0.29) is 0 Å². The summed E-state index contributed by atoms with van der Waals surface area (Å²) in [6, 6.07) is 9.14. The normalized spacial score (nSPS) is 9.46. The molecule has 0 saturated heterocycles. The fourth-order valence-electron chi connectivity index (χ4n) is 0.833. The number of benzene rings is 1. The van der Waals surface area contributed by atoms with E-state index in [2.05, 4.69) is 5.32 Å². The molecule has 0 atom stereocenters. The summed E-state index contributed by atoms with van der Waals surface area (Å²) in [4.78, 5) is 0. The van der Waals surface area contributed by atoms with Crippen molar-refractivity contribution in [2.24, 2.45) is 0 Å². The predicted molar refractivity (Wildman–Crippen MR) is 52.7 cm³/mol. The average Bonchev–Trinajstić information content (AvgIpc) is 2.19. The van der Waals surface area contributed by atoms with Crippen molar-refractivity contribution in [2.75, 3.05) is 5.32 Å². The van der Waals surface area contributed by atoms with E-state index in [0.29, 0.717) is 5.56 Å². The van der Waals surface area contributed by atoms with Gasteiger partial charge in [0.1, 0.15) is 0 Å². The number of hydrogen-bond acceptors (Lipinski definition) is 3. The van der Waals surface area contributed by atoms with Gasteiger partial charge in [0.2, 0.25) is 0 Å². The Kier molecular flexibility index (Phi) is 3.28. The molecule has 2 N–H and O–H groups in total. The van der Waals surface area contributed by atoms with Crippen LogP contribution in [0.25, 0.3) is 0 Å². The van der Waals surface area contributed by atoms with Crippen molar-refractivity contribution in [1.82, 2.24) is 0 Å². The van der Waals surface area contributed by atoms with Gasteiger partial charge in [-0.2, -0.15) is 5.26 Å². The maximum absolute atomic E-state index is 8.53. The van der Waals surface area contributed by atoms with E-state index < -0.39 is 0 Å². The number of hydrogen-bond donors (Lipinski definition) is 2. The maximum atomic E-state index is 8.53. The molecule has 3 nitrogen and oxygen atoms in total. The topological polar surface area (TPSA) is 59.7 Å². The van der Waals surface area contributed by atoms with Crippen LogP contribution >= 0.6 is 0 Å². The van der Waals surface area contributed by atoms with Crippen LogP contribution in [0.2, 0.25) is 0 Å². The molecular formula is C10H9N3. The van der Waals surface area contributed by atoms with Crippen LogP contribution in [0, 0.1) is 16.7 Å². The molecule has 0 aliphatic heterocycles. The van der Waals surface area contributed by atoms with Crippen LogP contribution < -0.4 is 5.32 Å². The number of allylic oxidation sites excluding steroid dienone is 1. The molecule has 0 radical (unpaired) electrons. The molecule has 0 fully saturated rings. The Hall–Kier alpha value is -2.08. The lowest BCUT2D eigenvalue weighted by atomic mass is 10.2. The number of anilines is 1. The van der Waals surface area contributed by atoms with Gasteiger partial charge in [-0.05, 0) is 30.3 Å². The van der Waals surface area contributed by atoms with Crippen molar-refractivity contribution in [3.8, 4) is 6.07 Å². The first-order valence-corrected chi connectivity index (χ1v) is 3.79. The summed E-state index contributed by atoms with van der Waals surface area (Å²) in [6.07, 6.45) is 4.43. The van der Waals surface area contributed by atoms with Gasteiger partial charge in [-0.1, -0.05) is 0 Å². The Morgan fingerprint density at radius 3 is 2.54 bits per heavy atom. The molecule has 0 amide bonds. The first-order chi connectivity index (χ1) is 6.36. The minimum atomic E-state index is 0.640. The molecule has 1 rings (SSSR count). The van der Waals surface area contributed by atoms with Crippen molar-refractivity contribution in [2.45, 2.75) is 0 Å². The highest BCUT2D eigenvalue weighted by molar-refractivity contribution is 5.68. The zero-order valence-corrected chi connectivity index (χ0v) is 6.99. The molecule has 0 bridgehead atoms.